The first-order valence-corrected chi connectivity index (χ1v) is 17.5. The molecule has 0 unspecified atom stereocenters. The number of benzene rings is 8. The standard InChI is InChI=1S/C49H33NO/c1-4-17-34(18-5-1)38-23-11-14-27-44(38)50(45-28-16-30-47-48(45)41-25-12-15-29-46(41)51-47)37-31-32-40-39-24-10-13-26-42(39)49(43(40)33-37,35-19-6-2-7-20-35)36-21-8-3-9-22-36/h1-33H. The smallest absolute Gasteiger partial charge is 0.137 e. The van der Waals surface area contributed by atoms with E-state index in [1.165, 1.54) is 38.9 Å². The lowest BCUT2D eigenvalue weighted by molar-refractivity contribution is 0.669. The fourth-order valence-electron chi connectivity index (χ4n) is 8.45. The minimum absolute atomic E-state index is 0.510. The van der Waals surface area contributed by atoms with Crippen molar-refractivity contribution in [2.24, 2.45) is 0 Å². The summed E-state index contributed by atoms with van der Waals surface area (Å²) in [6.45, 7) is 0. The van der Waals surface area contributed by atoms with E-state index >= 15 is 0 Å². The molecule has 0 spiro atoms. The summed E-state index contributed by atoms with van der Waals surface area (Å²) in [4.78, 5) is 2.44. The Kier molecular flexibility index (Phi) is 6.75. The first-order valence-electron chi connectivity index (χ1n) is 17.5. The normalized spacial score (nSPS) is 12.9. The second kappa shape index (κ2) is 11.8. The summed E-state index contributed by atoms with van der Waals surface area (Å²) < 4.78 is 6.47. The van der Waals surface area contributed by atoms with Crippen molar-refractivity contribution < 1.29 is 4.42 Å². The second-order valence-corrected chi connectivity index (χ2v) is 13.2. The maximum Gasteiger partial charge on any atom is 0.137 e. The lowest BCUT2D eigenvalue weighted by atomic mass is 9.67. The van der Waals surface area contributed by atoms with Crippen molar-refractivity contribution in [2.75, 3.05) is 4.90 Å². The van der Waals surface area contributed by atoms with E-state index in [0.29, 0.717) is 0 Å². The Hall–Kier alpha value is -6.64. The molecule has 9 aromatic rings. The predicted molar refractivity (Wildman–Crippen MR) is 211 cm³/mol. The van der Waals surface area contributed by atoms with Crippen LogP contribution in [0.4, 0.5) is 17.1 Å². The summed E-state index contributed by atoms with van der Waals surface area (Å²) in [6, 6.07) is 72.2. The van der Waals surface area contributed by atoms with Crippen LogP contribution in [0.2, 0.25) is 0 Å². The van der Waals surface area contributed by atoms with Crippen molar-refractivity contribution in [3.05, 3.63) is 222 Å². The van der Waals surface area contributed by atoms with E-state index in [0.717, 1.165) is 44.6 Å². The minimum atomic E-state index is -0.510. The van der Waals surface area contributed by atoms with Gasteiger partial charge < -0.3 is 9.32 Å². The SMILES string of the molecule is c1ccc(-c2ccccc2N(c2ccc3c(c2)C(c2ccccc2)(c2ccccc2)c2ccccc2-3)c2cccc3oc4ccccc4c23)cc1. The van der Waals surface area contributed by atoms with Crippen LogP contribution in [0.25, 0.3) is 44.2 Å². The van der Waals surface area contributed by atoms with E-state index < -0.39 is 5.41 Å². The van der Waals surface area contributed by atoms with E-state index in [1.807, 2.05) is 6.07 Å². The molecule has 0 amide bonds. The summed E-state index contributed by atoms with van der Waals surface area (Å²) in [5.74, 6) is 0. The fourth-order valence-corrected chi connectivity index (χ4v) is 8.45. The molecule has 1 heterocycles. The fraction of sp³-hybridized carbons (Fsp3) is 0.0204. The van der Waals surface area contributed by atoms with Crippen LogP contribution < -0.4 is 4.90 Å². The van der Waals surface area contributed by atoms with Crippen molar-refractivity contribution >= 4 is 39.0 Å². The van der Waals surface area contributed by atoms with E-state index in [9.17, 15) is 0 Å². The first kappa shape index (κ1) is 29.3. The topological polar surface area (TPSA) is 16.4 Å². The molecule has 1 aliphatic carbocycles. The monoisotopic (exact) mass is 651 g/mol. The number of rotatable bonds is 6. The van der Waals surface area contributed by atoms with Gasteiger partial charge >= 0.3 is 0 Å². The van der Waals surface area contributed by atoms with Gasteiger partial charge in [-0.1, -0.05) is 164 Å². The third-order valence-electron chi connectivity index (χ3n) is 10.6. The van der Waals surface area contributed by atoms with E-state index in [4.69, 9.17) is 4.42 Å². The van der Waals surface area contributed by atoms with Gasteiger partial charge in [-0.2, -0.15) is 0 Å². The molecular weight excluding hydrogens is 619 g/mol. The second-order valence-electron chi connectivity index (χ2n) is 13.2. The maximum atomic E-state index is 6.47. The van der Waals surface area contributed by atoms with Gasteiger partial charge in [0.1, 0.15) is 11.2 Å². The van der Waals surface area contributed by atoms with E-state index in [1.54, 1.807) is 0 Å². The van der Waals surface area contributed by atoms with Crippen LogP contribution in [0.15, 0.2) is 205 Å². The first-order chi connectivity index (χ1) is 25.3. The number of hydrogen-bond donors (Lipinski definition) is 0. The Morgan fingerprint density at radius 3 is 1.73 bits per heavy atom. The largest absolute Gasteiger partial charge is 0.456 e. The van der Waals surface area contributed by atoms with Crippen LogP contribution in [-0.4, -0.2) is 0 Å². The van der Waals surface area contributed by atoms with Gasteiger partial charge in [0, 0.05) is 16.6 Å². The number of furan rings is 1. The van der Waals surface area contributed by atoms with Gasteiger partial charge in [-0.05, 0) is 75.3 Å². The number of anilines is 3. The third-order valence-corrected chi connectivity index (χ3v) is 10.6. The van der Waals surface area contributed by atoms with Crippen molar-refractivity contribution in [1.29, 1.82) is 0 Å². The van der Waals surface area contributed by atoms with Gasteiger partial charge in [0.2, 0.25) is 0 Å². The van der Waals surface area contributed by atoms with E-state index in [-0.39, 0.29) is 0 Å². The Labute approximate surface area is 297 Å². The highest BCUT2D eigenvalue weighted by Crippen LogP contribution is 2.57. The van der Waals surface area contributed by atoms with Gasteiger partial charge in [0.25, 0.3) is 0 Å². The van der Waals surface area contributed by atoms with Crippen molar-refractivity contribution in [3.63, 3.8) is 0 Å². The Morgan fingerprint density at radius 1 is 0.392 bits per heavy atom. The zero-order chi connectivity index (χ0) is 33.8. The molecule has 0 aliphatic heterocycles. The Balaban J connectivity index is 1.31. The maximum absolute atomic E-state index is 6.47. The Bertz CT molecular complexity index is 2650. The minimum Gasteiger partial charge on any atom is -0.456 e. The highest BCUT2D eigenvalue weighted by atomic mass is 16.3. The van der Waals surface area contributed by atoms with Gasteiger partial charge in [0.05, 0.1) is 22.2 Å². The van der Waals surface area contributed by atoms with Crippen LogP contribution in [-0.2, 0) is 5.41 Å². The molecule has 240 valence electrons. The average molecular weight is 652 g/mol. The zero-order valence-electron chi connectivity index (χ0n) is 27.9. The molecule has 8 aromatic carbocycles. The summed E-state index contributed by atoms with van der Waals surface area (Å²) in [7, 11) is 0. The molecule has 0 saturated carbocycles. The van der Waals surface area contributed by atoms with Crippen LogP contribution in [0.3, 0.4) is 0 Å². The van der Waals surface area contributed by atoms with Gasteiger partial charge in [0.15, 0.2) is 0 Å². The van der Waals surface area contributed by atoms with E-state index in [2.05, 4.69) is 199 Å². The summed E-state index contributed by atoms with van der Waals surface area (Å²) in [5.41, 5.74) is 14.4. The van der Waals surface area contributed by atoms with Gasteiger partial charge in [-0.15, -0.1) is 0 Å². The molecule has 1 aliphatic rings. The molecule has 0 bridgehead atoms. The summed E-state index contributed by atoms with van der Waals surface area (Å²) in [5, 5.41) is 2.19. The molecule has 0 N–H and O–H groups in total. The van der Waals surface area contributed by atoms with Crippen LogP contribution in [0.1, 0.15) is 22.3 Å². The predicted octanol–water partition coefficient (Wildman–Crippen LogP) is 13.1. The molecule has 0 fully saturated rings. The third kappa shape index (κ3) is 4.43. The summed E-state index contributed by atoms with van der Waals surface area (Å²) in [6.07, 6.45) is 0. The number of hydrogen-bond acceptors (Lipinski definition) is 2. The van der Waals surface area contributed by atoms with Crippen molar-refractivity contribution in [1.82, 2.24) is 0 Å². The molecule has 2 heteroatoms. The van der Waals surface area contributed by atoms with Gasteiger partial charge in [-0.25, -0.2) is 0 Å². The lowest BCUT2D eigenvalue weighted by Crippen LogP contribution is -2.28. The van der Waals surface area contributed by atoms with Crippen molar-refractivity contribution in [2.45, 2.75) is 5.41 Å². The molecule has 0 atom stereocenters. The van der Waals surface area contributed by atoms with Crippen LogP contribution >= 0.6 is 0 Å². The highest BCUT2D eigenvalue weighted by molar-refractivity contribution is 6.14. The lowest BCUT2D eigenvalue weighted by Gasteiger charge is -2.35. The average Bonchev–Trinajstić information content (AvgIpc) is 3.73. The van der Waals surface area contributed by atoms with Crippen LogP contribution in [0.5, 0.6) is 0 Å². The van der Waals surface area contributed by atoms with Gasteiger partial charge in [-0.3, -0.25) is 0 Å². The molecular formula is C49H33NO. The molecule has 2 nitrogen and oxygen atoms in total. The van der Waals surface area contributed by atoms with Crippen molar-refractivity contribution in [3.8, 4) is 22.3 Å². The molecule has 51 heavy (non-hydrogen) atoms. The number of fused-ring (bicyclic) bond motifs is 6. The molecule has 0 radical (unpaired) electrons. The number of nitrogens with zero attached hydrogens (tertiary/aromatic N) is 1. The quantitative estimate of drug-likeness (QED) is 0.178. The number of para-hydroxylation sites is 2. The molecule has 0 saturated heterocycles. The highest BCUT2D eigenvalue weighted by Gasteiger charge is 2.46. The zero-order valence-corrected chi connectivity index (χ0v) is 27.9. The summed E-state index contributed by atoms with van der Waals surface area (Å²) >= 11 is 0. The Morgan fingerprint density at radius 2 is 0.961 bits per heavy atom. The van der Waals surface area contributed by atoms with Crippen LogP contribution in [0, 0.1) is 0 Å². The molecule has 1 aromatic heterocycles. The molecule has 10 rings (SSSR count).